The Labute approximate surface area is 92.2 Å². The van der Waals surface area contributed by atoms with Crippen LogP contribution in [0, 0.1) is 0 Å². The number of halogens is 3. The molecular formula is C12H13F3O. The fourth-order valence-electron chi connectivity index (χ4n) is 1.39. The topological polar surface area (TPSA) is 20.2 Å². The van der Waals surface area contributed by atoms with Gasteiger partial charge in [0.05, 0.1) is 6.61 Å². The van der Waals surface area contributed by atoms with Crippen LogP contribution in [-0.2, 0) is 6.42 Å². The highest BCUT2D eigenvalue weighted by Gasteiger charge is 2.32. The SMILES string of the molecule is OC/C=C(\CCc1ccccc1)C(F)(F)F. The van der Waals surface area contributed by atoms with Crippen molar-refractivity contribution in [2.75, 3.05) is 6.61 Å². The van der Waals surface area contributed by atoms with E-state index in [1.807, 2.05) is 6.07 Å². The standard InChI is InChI=1S/C12H13F3O/c13-12(14,15)11(8-9-16)7-6-10-4-2-1-3-5-10/h1-5,8,16H,6-7,9H2/b11-8+. The van der Waals surface area contributed by atoms with Gasteiger partial charge < -0.3 is 5.11 Å². The molecule has 1 N–H and O–H groups in total. The maximum Gasteiger partial charge on any atom is 0.412 e. The zero-order valence-corrected chi connectivity index (χ0v) is 8.67. The van der Waals surface area contributed by atoms with E-state index in [1.165, 1.54) is 0 Å². The number of aliphatic hydroxyl groups is 1. The fourth-order valence-corrected chi connectivity index (χ4v) is 1.39. The molecule has 0 aliphatic heterocycles. The largest absolute Gasteiger partial charge is 0.412 e. The van der Waals surface area contributed by atoms with Crippen LogP contribution in [0.5, 0.6) is 0 Å². The maximum atomic E-state index is 12.4. The van der Waals surface area contributed by atoms with E-state index in [0.717, 1.165) is 11.6 Å². The average molecular weight is 230 g/mol. The van der Waals surface area contributed by atoms with E-state index in [1.54, 1.807) is 24.3 Å². The molecule has 1 nitrogen and oxygen atoms in total. The Hall–Kier alpha value is -1.29. The molecule has 0 heterocycles. The summed E-state index contributed by atoms with van der Waals surface area (Å²) in [6, 6.07) is 8.97. The lowest BCUT2D eigenvalue weighted by molar-refractivity contribution is -0.0944. The van der Waals surface area contributed by atoms with Crippen LogP contribution in [0.3, 0.4) is 0 Å². The first-order chi connectivity index (χ1) is 7.54. The molecule has 0 aliphatic carbocycles. The van der Waals surface area contributed by atoms with Gasteiger partial charge in [-0.3, -0.25) is 0 Å². The monoisotopic (exact) mass is 230 g/mol. The van der Waals surface area contributed by atoms with Gasteiger partial charge in [-0.15, -0.1) is 0 Å². The summed E-state index contributed by atoms with van der Waals surface area (Å²) >= 11 is 0. The van der Waals surface area contributed by atoms with Crippen molar-refractivity contribution in [3.63, 3.8) is 0 Å². The summed E-state index contributed by atoms with van der Waals surface area (Å²) in [5.74, 6) is 0. The third-order valence-corrected chi connectivity index (χ3v) is 2.23. The highest BCUT2D eigenvalue weighted by atomic mass is 19.4. The smallest absolute Gasteiger partial charge is 0.392 e. The van der Waals surface area contributed by atoms with Gasteiger partial charge in [-0.2, -0.15) is 13.2 Å². The van der Waals surface area contributed by atoms with Gasteiger partial charge >= 0.3 is 6.18 Å². The lowest BCUT2D eigenvalue weighted by atomic mass is 10.0. The molecule has 0 amide bonds. The van der Waals surface area contributed by atoms with Gasteiger partial charge in [0.15, 0.2) is 0 Å². The third-order valence-electron chi connectivity index (χ3n) is 2.23. The molecule has 88 valence electrons. The minimum atomic E-state index is -4.35. The second kappa shape index (κ2) is 5.70. The van der Waals surface area contributed by atoms with E-state index in [9.17, 15) is 13.2 Å². The molecule has 1 aromatic carbocycles. The zero-order chi connectivity index (χ0) is 12.0. The summed E-state index contributed by atoms with van der Waals surface area (Å²) in [7, 11) is 0. The summed E-state index contributed by atoms with van der Waals surface area (Å²) in [6.07, 6.45) is -3.30. The highest BCUT2D eigenvalue weighted by Crippen LogP contribution is 2.28. The summed E-state index contributed by atoms with van der Waals surface area (Å²) in [4.78, 5) is 0. The van der Waals surface area contributed by atoms with Crippen molar-refractivity contribution >= 4 is 0 Å². The van der Waals surface area contributed by atoms with Crippen LogP contribution < -0.4 is 0 Å². The number of benzene rings is 1. The molecule has 0 spiro atoms. The second-order valence-electron chi connectivity index (χ2n) is 3.40. The van der Waals surface area contributed by atoms with Crippen LogP contribution in [0.2, 0.25) is 0 Å². The van der Waals surface area contributed by atoms with E-state index in [2.05, 4.69) is 0 Å². The molecular weight excluding hydrogens is 217 g/mol. The first-order valence-electron chi connectivity index (χ1n) is 4.95. The molecule has 0 fully saturated rings. The van der Waals surface area contributed by atoms with E-state index >= 15 is 0 Å². The van der Waals surface area contributed by atoms with E-state index in [4.69, 9.17) is 5.11 Å². The second-order valence-corrected chi connectivity index (χ2v) is 3.40. The molecule has 1 aromatic rings. The number of rotatable bonds is 4. The van der Waals surface area contributed by atoms with Crippen LogP contribution in [0.1, 0.15) is 12.0 Å². The van der Waals surface area contributed by atoms with Gasteiger partial charge in [-0.1, -0.05) is 36.4 Å². The van der Waals surface area contributed by atoms with E-state index < -0.39 is 18.4 Å². The van der Waals surface area contributed by atoms with E-state index in [-0.39, 0.29) is 6.42 Å². The molecule has 16 heavy (non-hydrogen) atoms. The van der Waals surface area contributed by atoms with Gasteiger partial charge in [-0.25, -0.2) is 0 Å². The maximum absolute atomic E-state index is 12.4. The predicted octanol–water partition coefficient (Wildman–Crippen LogP) is 3.10. The number of allylic oxidation sites excluding steroid dienone is 1. The summed E-state index contributed by atoms with van der Waals surface area (Å²) in [6.45, 7) is -0.580. The number of aliphatic hydroxyl groups excluding tert-OH is 1. The summed E-state index contributed by atoms with van der Waals surface area (Å²) in [5, 5.41) is 8.52. The lowest BCUT2D eigenvalue weighted by Gasteiger charge is -2.11. The van der Waals surface area contributed by atoms with Crippen LogP contribution in [0.25, 0.3) is 0 Å². The zero-order valence-electron chi connectivity index (χ0n) is 8.67. The van der Waals surface area contributed by atoms with Crippen molar-refractivity contribution < 1.29 is 18.3 Å². The third kappa shape index (κ3) is 4.06. The fraction of sp³-hybridized carbons (Fsp3) is 0.333. The van der Waals surface area contributed by atoms with Crippen molar-refractivity contribution in [1.29, 1.82) is 0 Å². The Kier molecular flexibility index (Phi) is 4.55. The van der Waals surface area contributed by atoms with Crippen LogP contribution >= 0.6 is 0 Å². The molecule has 0 radical (unpaired) electrons. The molecule has 0 atom stereocenters. The highest BCUT2D eigenvalue weighted by molar-refractivity contribution is 5.18. The Morgan fingerprint density at radius 3 is 2.31 bits per heavy atom. The van der Waals surface area contributed by atoms with E-state index in [0.29, 0.717) is 6.42 Å². The van der Waals surface area contributed by atoms with Crippen LogP contribution in [-0.4, -0.2) is 17.9 Å². The molecule has 4 heteroatoms. The number of aryl methyl sites for hydroxylation is 1. The molecule has 0 unspecified atom stereocenters. The molecule has 0 aliphatic rings. The minimum absolute atomic E-state index is 0.103. The first kappa shape index (κ1) is 12.8. The molecule has 0 saturated carbocycles. The van der Waals surface area contributed by atoms with Gasteiger partial charge in [0, 0.05) is 5.57 Å². The van der Waals surface area contributed by atoms with Gasteiger partial charge in [0.25, 0.3) is 0 Å². The van der Waals surface area contributed by atoms with Gasteiger partial charge in [0.1, 0.15) is 0 Å². The summed E-state index contributed by atoms with van der Waals surface area (Å²) in [5.41, 5.74) is 0.189. The van der Waals surface area contributed by atoms with Crippen molar-refractivity contribution in [1.82, 2.24) is 0 Å². The van der Waals surface area contributed by atoms with Crippen molar-refractivity contribution in [2.24, 2.45) is 0 Å². The van der Waals surface area contributed by atoms with Crippen molar-refractivity contribution in [3.8, 4) is 0 Å². The number of alkyl halides is 3. The predicted molar refractivity (Wildman–Crippen MR) is 56.0 cm³/mol. The van der Waals surface area contributed by atoms with Crippen LogP contribution in [0.4, 0.5) is 13.2 Å². The number of hydrogen-bond donors (Lipinski definition) is 1. The Morgan fingerprint density at radius 1 is 1.19 bits per heavy atom. The Morgan fingerprint density at radius 2 is 1.81 bits per heavy atom. The first-order valence-corrected chi connectivity index (χ1v) is 4.95. The van der Waals surface area contributed by atoms with Crippen LogP contribution in [0.15, 0.2) is 42.0 Å². The van der Waals surface area contributed by atoms with Crippen molar-refractivity contribution in [2.45, 2.75) is 19.0 Å². The van der Waals surface area contributed by atoms with Crippen molar-refractivity contribution in [3.05, 3.63) is 47.5 Å². The quantitative estimate of drug-likeness (QED) is 0.788. The average Bonchev–Trinajstić information content (AvgIpc) is 2.24. The minimum Gasteiger partial charge on any atom is -0.392 e. The Balaban J connectivity index is 2.62. The Bertz CT molecular complexity index is 341. The molecule has 1 rings (SSSR count). The molecule has 0 saturated heterocycles. The number of hydrogen-bond acceptors (Lipinski definition) is 1. The molecule has 0 bridgehead atoms. The van der Waals surface area contributed by atoms with Gasteiger partial charge in [-0.05, 0) is 18.4 Å². The normalized spacial score (nSPS) is 12.9. The molecule has 0 aromatic heterocycles. The summed E-state index contributed by atoms with van der Waals surface area (Å²) < 4.78 is 37.3. The van der Waals surface area contributed by atoms with Gasteiger partial charge in [0.2, 0.25) is 0 Å². The lowest BCUT2D eigenvalue weighted by Crippen LogP contribution is -2.13.